The van der Waals surface area contributed by atoms with Gasteiger partial charge in [0.1, 0.15) is 11.6 Å². The molecular formula is C22H24F2N4O. The average molecular weight is 398 g/mol. The van der Waals surface area contributed by atoms with Gasteiger partial charge in [-0.3, -0.25) is 4.79 Å². The van der Waals surface area contributed by atoms with Crippen molar-refractivity contribution in [3.05, 3.63) is 65.2 Å². The summed E-state index contributed by atoms with van der Waals surface area (Å²) in [4.78, 5) is 14.5. The summed E-state index contributed by atoms with van der Waals surface area (Å²) in [7, 11) is 0. The Morgan fingerprint density at radius 1 is 0.966 bits per heavy atom. The Morgan fingerprint density at radius 2 is 1.79 bits per heavy atom. The molecule has 1 amide bonds. The van der Waals surface area contributed by atoms with Crippen molar-refractivity contribution in [1.82, 2.24) is 10.6 Å². The van der Waals surface area contributed by atoms with Gasteiger partial charge in [-0.05, 0) is 48.9 Å². The van der Waals surface area contributed by atoms with Crippen LogP contribution in [0.15, 0.2) is 42.5 Å². The molecule has 29 heavy (non-hydrogen) atoms. The third-order valence-electron chi connectivity index (χ3n) is 5.30. The van der Waals surface area contributed by atoms with Crippen molar-refractivity contribution in [3.8, 4) is 0 Å². The van der Waals surface area contributed by atoms with Gasteiger partial charge >= 0.3 is 0 Å². The van der Waals surface area contributed by atoms with E-state index in [2.05, 4.69) is 16.0 Å². The second kappa shape index (κ2) is 8.71. The number of hydrogen-bond donors (Lipinski definition) is 3. The van der Waals surface area contributed by atoms with E-state index in [4.69, 9.17) is 0 Å². The summed E-state index contributed by atoms with van der Waals surface area (Å²) in [6, 6.07) is 9.11. The molecule has 0 atom stereocenters. The smallest absolute Gasteiger partial charge is 0.255 e. The first-order valence-electron chi connectivity index (χ1n) is 9.88. The highest BCUT2D eigenvalue weighted by Gasteiger charge is 2.17. The summed E-state index contributed by atoms with van der Waals surface area (Å²) >= 11 is 0. The van der Waals surface area contributed by atoms with Crippen LogP contribution in [-0.2, 0) is 0 Å². The lowest BCUT2D eigenvalue weighted by Gasteiger charge is -2.29. The van der Waals surface area contributed by atoms with Crippen LogP contribution >= 0.6 is 0 Å². The van der Waals surface area contributed by atoms with Gasteiger partial charge in [-0.2, -0.15) is 0 Å². The van der Waals surface area contributed by atoms with Crippen molar-refractivity contribution in [2.24, 2.45) is 0 Å². The number of halogens is 2. The van der Waals surface area contributed by atoms with Crippen LogP contribution in [0.1, 0.15) is 22.3 Å². The Bertz CT molecular complexity index is 938. The minimum Gasteiger partial charge on any atom is -0.367 e. The molecule has 0 bridgehead atoms. The van der Waals surface area contributed by atoms with E-state index in [1.165, 1.54) is 12.1 Å². The maximum Gasteiger partial charge on any atom is 0.255 e. The maximum atomic E-state index is 14.5. The molecule has 2 heterocycles. The Labute approximate surface area is 168 Å². The minimum absolute atomic E-state index is 0.201. The highest BCUT2D eigenvalue weighted by Crippen LogP contribution is 2.25. The number of rotatable bonds is 4. The van der Waals surface area contributed by atoms with Crippen molar-refractivity contribution in [2.45, 2.75) is 6.42 Å². The van der Waals surface area contributed by atoms with Crippen molar-refractivity contribution in [1.29, 1.82) is 0 Å². The lowest BCUT2D eigenvalue weighted by atomic mass is 9.98. The molecule has 0 spiro atoms. The Kier molecular flexibility index (Phi) is 5.87. The number of nitrogens with one attached hydrogen (secondary N) is 3. The van der Waals surface area contributed by atoms with E-state index in [9.17, 15) is 13.6 Å². The van der Waals surface area contributed by atoms with E-state index in [1.807, 2.05) is 11.0 Å². The molecular weight excluding hydrogens is 374 g/mol. The van der Waals surface area contributed by atoms with Crippen LogP contribution in [0.3, 0.4) is 0 Å². The molecule has 0 saturated carbocycles. The van der Waals surface area contributed by atoms with E-state index in [0.717, 1.165) is 44.7 Å². The maximum absolute atomic E-state index is 14.5. The molecule has 0 radical (unpaired) electrons. The number of anilines is 2. The van der Waals surface area contributed by atoms with Crippen molar-refractivity contribution >= 4 is 22.9 Å². The highest BCUT2D eigenvalue weighted by atomic mass is 19.1. The SMILES string of the molecule is O=C(Nc1ccc(N2CCNCC2)c(F)c1)c1ccc(C2=CCNCC2)c(F)c1. The van der Waals surface area contributed by atoms with Crippen LogP contribution in [0.2, 0.25) is 0 Å². The van der Waals surface area contributed by atoms with E-state index >= 15 is 0 Å². The predicted octanol–water partition coefficient (Wildman–Crippen LogP) is 3.00. The monoisotopic (exact) mass is 398 g/mol. The van der Waals surface area contributed by atoms with Gasteiger partial charge in [0.15, 0.2) is 0 Å². The highest BCUT2D eigenvalue weighted by molar-refractivity contribution is 6.04. The van der Waals surface area contributed by atoms with Crippen LogP contribution < -0.4 is 20.9 Å². The number of hydrogen-bond acceptors (Lipinski definition) is 4. The second-order valence-corrected chi connectivity index (χ2v) is 7.24. The second-order valence-electron chi connectivity index (χ2n) is 7.24. The number of benzene rings is 2. The third kappa shape index (κ3) is 4.46. The quantitative estimate of drug-likeness (QED) is 0.741. The fourth-order valence-corrected chi connectivity index (χ4v) is 3.73. The minimum atomic E-state index is -0.468. The van der Waals surface area contributed by atoms with Crippen LogP contribution in [0.5, 0.6) is 0 Å². The predicted molar refractivity (Wildman–Crippen MR) is 111 cm³/mol. The molecule has 5 nitrogen and oxygen atoms in total. The summed E-state index contributed by atoms with van der Waals surface area (Å²) in [6.45, 7) is 4.62. The van der Waals surface area contributed by atoms with Gasteiger partial charge in [-0.25, -0.2) is 8.78 Å². The van der Waals surface area contributed by atoms with Crippen LogP contribution in [-0.4, -0.2) is 45.2 Å². The molecule has 2 aliphatic rings. The molecule has 0 aromatic heterocycles. The Morgan fingerprint density at radius 3 is 2.48 bits per heavy atom. The van der Waals surface area contributed by atoms with E-state index in [-0.39, 0.29) is 11.4 Å². The van der Waals surface area contributed by atoms with Gasteiger partial charge in [0.2, 0.25) is 0 Å². The first kappa shape index (κ1) is 19.5. The molecule has 4 rings (SSSR count). The first-order valence-corrected chi connectivity index (χ1v) is 9.88. The van der Waals surface area contributed by atoms with Gasteiger partial charge in [-0.15, -0.1) is 0 Å². The van der Waals surface area contributed by atoms with E-state index in [1.54, 1.807) is 24.3 Å². The van der Waals surface area contributed by atoms with Crippen LogP contribution in [0.25, 0.3) is 5.57 Å². The normalized spacial score (nSPS) is 17.0. The van der Waals surface area contributed by atoms with Crippen molar-refractivity contribution in [2.75, 3.05) is 49.5 Å². The summed E-state index contributed by atoms with van der Waals surface area (Å²) in [5.41, 5.74) is 2.53. The number of piperazine rings is 1. The zero-order chi connectivity index (χ0) is 20.2. The zero-order valence-corrected chi connectivity index (χ0v) is 16.1. The molecule has 2 aromatic rings. The molecule has 7 heteroatoms. The Hall–Kier alpha value is -2.77. The number of nitrogens with zero attached hydrogens (tertiary/aromatic N) is 1. The molecule has 3 N–H and O–H groups in total. The first-order chi connectivity index (χ1) is 14.1. The summed E-state index contributed by atoms with van der Waals surface area (Å²) in [5.74, 6) is -1.28. The fraction of sp³-hybridized carbons (Fsp3) is 0.318. The van der Waals surface area contributed by atoms with Crippen LogP contribution in [0, 0.1) is 11.6 Å². The van der Waals surface area contributed by atoms with E-state index < -0.39 is 11.7 Å². The molecule has 0 aliphatic carbocycles. The zero-order valence-electron chi connectivity index (χ0n) is 16.1. The van der Waals surface area contributed by atoms with Gasteiger partial charge in [0.05, 0.1) is 5.69 Å². The summed E-state index contributed by atoms with van der Waals surface area (Å²) in [6.07, 6.45) is 2.71. The number of carbonyl (C=O) groups is 1. The summed E-state index contributed by atoms with van der Waals surface area (Å²) in [5, 5.41) is 9.08. The fourth-order valence-electron chi connectivity index (χ4n) is 3.73. The standard InChI is InChI=1S/C22H24F2N4O/c23-19-13-16(1-3-18(19)15-5-7-25-8-6-15)22(29)27-17-2-4-21(20(24)14-17)28-11-9-26-10-12-28/h1-5,13-14,25-26H,6-12H2,(H,27,29). The molecule has 0 unspecified atom stereocenters. The lowest BCUT2D eigenvalue weighted by Crippen LogP contribution is -2.43. The van der Waals surface area contributed by atoms with E-state index in [0.29, 0.717) is 23.5 Å². The largest absolute Gasteiger partial charge is 0.367 e. The van der Waals surface area contributed by atoms with Gasteiger partial charge in [-0.1, -0.05) is 12.1 Å². The Balaban J connectivity index is 1.47. The number of carbonyl (C=O) groups excluding carboxylic acids is 1. The van der Waals surface area contributed by atoms with Gasteiger partial charge in [0.25, 0.3) is 5.91 Å². The molecule has 2 aromatic carbocycles. The van der Waals surface area contributed by atoms with Gasteiger partial charge < -0.3 is 20.9 Å². The average Bonchev–Trinajstić information content (AvgIpc) is 2.75. The van der Waals surface area contributed by atoms with Crippen molar-refractivity contribution < 1.29 is 13.6 Å². The molecule has 1 saturated heterocycles. The van der Waals surface area contributed by atoms with Crippen LogP contribution in [0.4, 0.5) is 20.2 Å². The molecule has 2 aliphatic heterocycles. The number of amides is 1. The lowest BCUT2D eigenvalue weighted by molar-refractivity contribution is 0.102. The van der Waals surface area contributed by atoms with Crippen molar-refractivity contribution in [3.63, 3.8) is 0 Å². The summed E-state index contributed by atoms with van der Waals surface area (Å²) < 4.78 is 29.1. The third-order valence-corrected chi connectivity index (χ3v) is 5.30. The molecule has 1 fully saturated rings. The van der Waals surface area contributed by atoms with Gasteiger partial charge in [0, 0.05) is 49.5 Å². The molecule has 152 valence electrons. The topological polar surface area (TPSA) is 56.4 Å².